The smallest absolute Gasteiger partial charge is 0.326 e. The molecule has 104 valence electrons. The van der Waals surface area contributed by atoms with Crippen LogP contribution in [0.15, 0.2) is 24.4 Å². The quantitative estimate of drug-likeness (QED) is 0.716. The van der Waals surface area contributed by atoms with Crippen LogP contribution in [0.2, 0.25) is 0 Å². The van der Waals surface area contributed by atoms with Gasteiger partial charge in [-0.2, -0.15) is 0 Å². The minimum Gasteiger partial charge on any atom is -0.480 e. The van der Waals surface area contributed by atoms with Gasteiger partial charge in [-0.3, -0.25) is 4.98 Å². The third-order valence-electron chi connectivity index (χ3n) is 2.61. The molecule has 0 radical (unpaired) electrons. The van der Waals surface area contributed by atoms with Crippen LogP contribution in [0.3, 0.4) is 0 Å². The molecule has 0 aliphatic carbocycles. The summed E-state index contributed by atoms with van der Waals surface area (Å²) < 4.78 is 0. The van der Waals surface area contributed by atoms with E-state index >= 15 is 0 Å². The summed E-state index contributed by atoms with van der Waals surface area (Å²) in [5.41, 5.74) is 0.876. The number of aromatic nitrogens is 1. The number of pyridine rings is 1. The molecular weight excluding hydrogens is 246 g/mol. The summed E-state index contributed by atoms with van der Waals surface area (Å²) >= 11 is 0. The molecule has 1 rings (SSSR count). The van der Waals surface area contributed by atoms with Crippen LogP contribution in [0.1, 0.15) is 19.5 Å². The van der Waals surface area contributed by atoms with E-state index in [1.807, 2.05) is 18.2 Å². The zero-order valence-electron chi connectivity index (χ0n) is 11.1. The number of aliphatic carboxylic acids is 1. The Hall–Kier alpha value is -2.11. The van der Waals surface area contributed by atoms with E-state index in [9.17, 15) is 9.59 Å². The van der Waals surface area contributed by atoms with Crippen LogP contribution in [0.5, 0.6) is 0 Å². The van der Waals surface area contributed by atoms with Crippen molar-refractivity contribution in [2.75, 3.05) is 6.54 Å². The number of carbonyl (C=O) groups excluding carboxylic acids is 1. The second kappa shape index (κ2) is 7.35. The molecule has 0 spiro atoms. The number of nitrogens with one attached hydrogen (secondary N) is 2. The molecule has 6 heteroatoms. The molecule has 2 amide bonds. The van der Waals surface area contributed by atoms with Crippen molar-refractivity contribution in [3.8, 4) is 0 Å². The summed E-state index contributed by atoms with van der Waals surface area (Å²) in [5.74, 6) is -1.20. The van der Waals surface area contributed by atoms with Gasteiger partial charge in [0.15, 0.2) is 0 Å². The second-order valence-corrected chi connectivity index (χ2v) is 4.53. The van der Waals surface area contributed by atoms with Gasteiger partial charge in [0.2, 0.25) is 0 Å². The van der Waals surface area contributed by atoms with Gasteiger partial charge < -0.3 is 15.7 Å². The summed E-state index contributed by atoms with van der Waals surface area (Å²) in [4.78, 5) is 26.6. The lowest BCUT2D eigenvalue weighted by Gasteiger charge is -2.18. The van der Waals surface area contributed by atoms with Gasteiger partial charge in [0, 0.05) is 24.9 Å². The average Bonchev–Trinajstić information content (AvgIpc) is 2.36. The summed E-state index contributed by atoms with van der Waals surface area (Å²) in [6, 6.07) is 4.21. The van der Waals surface area contributed by atoms with Gasteiger partial charge in [-0.05, 0) is 18.1 Å². The number of amides is 2. The Bertz CT molecular complexity index is 420. The highest BCUT2D eigenvalue weighted by molar-refractivity contribution is 5.82. The summed E-state index contributed by atoms with van der Waals surface area (Å²) in [6.45, 7) is 3.90. The molecule has 0 aliphatic heterocycles. The number of hydrogen-bond acceptors (Lipinski definition) is 3. The first-order chi connectivity index (χ1) is 9.00. The maximum absolute atomic E-state index is 11.5. The van der Waals surface area contributed by atoms with E-state index in [4.69, 9.17) is 5.11 Å². The van der Waals surface area contributed by atoms with Crippen molar-refractivity contribution in [1.82, 2.24) is 15.6 Å². The van der Waals surface area contributed by atoms with E-state index in [-0.39, 0.29) is 5.92 Å². The summed E-state index contributed by atoms with van der Waals surface area (Å²) in [5, 5.41) is 14.0. The van der Waals surface area contributed by atoms with Crippen molar-refractivity contribution in [2.45, 2.75) is 26.3 Å². The number of carboxylic acids is 1. The van der Waals surface area contributed by atoms with E-state index in [1.54, 1.807) is 20.0 Å². The van der Waals surface area contributed by atoms with Gasteiger partial charge in [-0.15, -0.1) is 0 Å². The Balaban J connectivity index is 2.33. The van der Waals surface area contributed by atoms with Gasteiger partial charge in [0.05, 0.1) is 0 Å². The summed E-state index contributed by atoms with van der Waals surface area (Å²) in [7, 11) is 0. The first-order valence-corrected chi connectivity index (χ1v) is 6.17. The normalized spacial score (nSPS) is 11.9. The van der Waals surface area contributed by atoms with Crippen molar-refractivity contribution in [3.05, 3.63) is 30.1 Å². The molecule has 1 unspecified atom stereocenters. The van der Waals surface area contributed by atoms with Crippen LogP contribution < -0.4 is 10.6 Å². The minimum absolute atomic E-state index is 0.168. The molecule has 1 heterocycles. The predicted molar refractivity (Wildman–Crippen MR) is 70.7 cm³/mol. The maximum Gasteiger partial charge on any atom is 0.326 e. The van der Waals surface area contributed by atoms with E-state index in [1.165, 1.54) is 0 Å². The molecule has 0 saturated heterocycles. The van der Waals surface area contributed by atoms with Gasteiger partial charge >= 0.3 is 12.0 Å². The second-order valence-electron chi connectivity index (χ2n) is 4.53. The number of carbonyl (C=O) groups is 2. The Morgan fingerprint density at radius 1 is 1.37 bits per heavy atom. The van der Waals surface area contributed by atoms with Crippen molar-refractivity contribution in [2.24, 2.45) is 5.92 Å². The Kier molecular flexibility index (Phi) is 5.78. The zero-order chi connectivity index (χ0) is 14.3. The van der Waals surface area contributed by atoms with E-state index in [2.05, 4.69) is 15.6 Å². The molecule has 1 aromatic heterocycles. The third-order valence-corrected chi connectivity index (χ3v) is 2.61. The number of carboxylic acid groups (broad SMARTS) is 1. The number of rotatable bonds is 6. The minimum atomic E-state index is -1.03. The number of nitrogens with zero attached hydrogens (tertiary/aromatic N) is 1. The number of hydrogen-bond donors (Lipinski definition) is 3. The van der Waals surface area contributed by atoms with Crippen molar-refractivity contribution in [3.63, 3.8) is 0 Å². The molecule has 0 saturated carbocycles. The van der Waals surface area contributed by atoms with Crippen LogP contribution in [0.4, 0.5) is 4.79 Å². The van der Waals surface area contributed by atoms with E-state index in [0.717, 1.165) is 5.69 Å². The number of urea groups is 1. The maximum atomic E-state index is 11.5. The van der Waals surface area contributed by atoms with Crippen LogP contribution in [0.25, 0.3) is 0 Å². The van der Waals surface area contributed by atoms with Crippen molar-refractivity contribution >= 4 is 12.0 Å². The zero-order valence-corrected chi connectivity index (χ0v) is 11.1. The van der Waals surface area contributed by atoms with Crippen LogP contribution in [0, 0.1) is 5.92 Å². The Labute approximate surface area is 112 Å². The molecule has 0 bridgehead atoms. The molecule has 3 N–H and O–H groups in total. The van der Waals surface area contributed by atoms with Crippen molar-refractivity contribution in [1.29, 1.82) is 0 Å². The highest BCUT2D eigenvalue weighted by Gasteiger charge is 2.22. The summed E-state index contributed by atoms with van der Waals surface area (Å²) in [6.07, 6.45) is 2.29. The molecule has 6 nitrogen and oxygen atoms in total. The molecular formula is C13H19N3O3. The standard InChI is InChI=1S/C13H19N3O3/c1-9(2)11(12(17)18)16-13(19)15-8-6-10-5-3-4-7-14-10/h3-5,7,9,11H,6,8H2,1-2H3,(H,17,18)(H2,15,16,19). The van der Waals surface area contributed by atoms with E-state index in [0.29, 0.717) is 13.0 Å². The SMILES string of the molecule is CC(C)C(NC(=O)NCCc1ccccn1)C(=O)O. The van der Waals surface area contributed by atoms with Crippen molar-refractivity contribution < 1.29 is 14.7 Å². The fourth-order valence-corrected chi connectivity index (χ4v) is 1.56. The van der Waals surface area contributed by atoms with E-state index < -0.39 is 18.0 Å². The van der Waals surface area contributed by atoms with Gasteiger partial charge in [0.1, 0.15) is 6.04 Å². The lowest BCUT2D eigenvalue weighted by molar-refractivity contribution is -0.140. The van der Waals surface area contributed by atoms with Gasteiger partial charge in [-0.25, -0.2) is 9.59 Å². The Morgan fingerprint density at radius 3 is 2.63 bits per heavy atom. The topological polar surface area (TPSA) is 91.3 Å². The van der Waals surface area contributed by atoms with Crippen LogP contribution in [-0.2, 0) is 11.2 Å². The predicted octanol–water partition coefficient (Wildman–Crippen LogP) is 1.03. The highest BCUT2D eigenvalue weighted by atomic mass is 16.4. The van der Waals surface area contributed by atoms with Crippen LogP contribution in [-0.4, -0.2) is 34.7 Å². The first kappa shape index (κ1) is 14.9. The highest BCUT2D eigenvalue weighted by Crippen LogP contribution is 2.01. The lowest BCUT2D eigenvalue weighted by atomic mass is 10.1. The molecule has 1 aromatic rings. The van der Waals surface area contributed by atoms with Gasteiger partial charge in [0.25, 0.3) is 0 Å². The van der Waals surface area contributed by atoms with Crippen LogP contribution >= 0.6 is 0 Å². The lowest BCUT2D eigenvalue weighted by Crippen LogP contribution is -2.48. The largest absolute Gasteiger partial charge is 0.480 e. The molecule has 0 aliphatic rings. The molecule has 19 heavy (non-hydrogen) atoms. The third kappa shape index (κ3) is 5.37. The first-order valence-electron chi connectivity index (χ1n) is 6.17. The molecule has 0 fully saturated rings. The molecule has 1 atom stereocenters. The fraction of sp³-hybridized carbons (Fsp3) is 0.462. The fourth-order valence-electron chi connectivity index (χ4n) is 1.56. The monoisotopic (exact) mass is 265 g/mol. The molecule has 0 aromatic carbocycles. The average molecular weight is 265 g/mol. The van der Waals surface area contributed by atoms with Gasteiger partial charge in [-0.1, -0.05) is 19.9 Å². The Morgan fingerprint density at radius 2 is 2.11 bits per heavy atom.